The minimum atomic E-state index is -2.51. The van der Waals surface area contributed by atoms with Gasteiger partial charge in [0.2, 0.25) is 6.43 Å². The van der Waals surface area contributed by atoms with E-state index in [9.17, 15) is 13.6 Å². The molecule has 18 heavy (non-hydrogen) atoms. The van der Waals surface area contributed by atoms with Crippen molar-refractivity contribution in [1.82, 2.24) is 9.97 Å². The quantitative estimate of drug-likeness (QED) is 0.661. The van der Waals surface area contributed by atoms with Crippen molar-refractivity contribution in [2.45, 2.75) is 38.1 Å². The zero-order valence-electron chi connectivity index (χ0n) is 10.3. The molecule has 0 atom stereocenters. The molecule has 100 valence electrons. The van der Waals surface area contributed by atoms with Crippen LogP contribution >= 0.6 is 11.8 Å². The number of halogens is 2. The first-order valence-corrected chi connectivity index (χ1v) is 6.34. The molecule has 0 saturated heterocycles. The monoisotopic (exact) mass is 276 g/mol. The van der Waals surface area contributed by atoms with Crippen LogP contribution in [0.4, 0.5) is 8.78 Å². The Morgan fingerprint density at radius 2 is 2.00 bits per heavy atom. The van der Waals surface area contributed by atoms with Crippen LogP contribution in [0.15, 0.2) is 5.03 Å². The largest absolute Gasteiger partial charge is 0.478 e. The summed E-state index contributed by atoms with van der Waals surface area (Å²) >= 11 is 0.747. The smallest absolute Gasteiger partial charge is 0.340 e. The van der Waals surface area contributed by atoms with Crippen molar-refractivity contribution in [2.75, 3.05) is 5.75 Å². The van der Waals surface area contributed by atoms with E-state index < -0.39 is 18.1 Å². The van der Waals surface area contributed by atoms with Gasteiger partial charge in [-0.1, -0.05) is 25.6 Å². The first-order chi connectivity index (χ1) is 8.32. The topological polar surface area (TPSA) is 63.1 Å². The number of aromatic carboxylic acids is 1. The van der Waals surface area contributed by atoms with Gasteiger partial charge in [0.25, 0.3) is 0 Å². The highest BCUT2D eigenvalue weighted by molar-refractivity contribution is 7.99. The lowest BCUT2D eigenvalue weighted by Crippen LogP contribution is -2.11. The van der Waals surface area contributed by atoms with Crippen LogP contribution in [0.25, 0.3) is 0 Å². The molecule has 0 unspecified atom stereocenters. The number of aryl methyl sites for hydroxylation is 1. The zero-order chi connectivity index (χ0) is 13.9. The van der Waals surface area contributed by atoms with E-state index in [2.05, 4.69) is 9.97 Å². The molecule has 0 aliphatic rings. The number of rotatable bonds is 5. The highest BCUT2D eigenvalue weighted by Crippen LogP contribution is 2.26. The van der Waals surface area contributed by atoms with Gasteiger partial charge in [0.15, 0.2) is 0 Å². The molecule has 0 aromatic carbocycles. The molecule has 7 heteroatoms. The summed E-state index contributed by atoms with van der Waals surface area (Å²) in [6, 6.07) is 0. The van der Waals surface area contributed by atoms with Crippen LogP contribution in [-0.4, -0.2) is 33.2 Å². The molecule has 1 aromatic heterocycles. The molecular weight excluding hydrogens is 262 g/mol. The van der Waals surface area contributed by atoms with E-state index in [0.717, 1.165) is 11.8 Å². The Morgan fingerprint density at radius 1 is 1.39 bits per heavy atom. The summed E-state index contributed by atoms with van der Waals surface area (Å²) in [7, 11) is 0. The first kappa shape index (κ1) is 14.8. The number of hydrogen-bond donors (Lipinski definition) is 1. The van der Waals surface area contributed by atoms with Gasteiger partial charge in [0.1, 0.15) is 16.4 Å². The summed E-state index contributed by atoms with van der Waals surface area (Å²) in [5.41, 5.74) is 0.211. The van der Waals surface area contributed by atoms with Gasteiger partial charge < -0.3 is 5.11 Å². The van der Waals surface area contributed by atoms with Gasteiger partial charge >= 0.3 is 5.97 Å². The van der Waals surface area contributed by atoms with E-state index in [1.54, 1.807) is 6.92 Å². The zero-order valence-corrected chi connectivity index (χ0v) is 11.1. The molecule has 0 spiro atoms. The molecule has 0 aliphatic heterocycles. The maximum atomic E-state index is 12.2. The van der Waals surface area contributed by atoms with Crippen molar-refractivity contribution in [2.24, 2.45) is 0 Å². The number of thioether (sulfide) groups is 1. The number of alkyl halides is 2. The van der Waals surface area contributed by atoms with Gasteiger partial charge in [0.05, 0.1) is 11.4 Å². The SMILES string of the molecule is Cc1nc(C(C)C)nc(SCC(F)F)c1C(=O)O. The maximum Gasteiger partial charge on any atom is 0.340 e. The number of carboxylic acids is 1. The number of carboxylic acid groups (broad SMARTS) is 1. The minimum absolute atomic E-state index is 0.0115. The van der Waals surface area contributed by atoms with Gasteiger partial charge in [0, 0.05) is 5.92 Å². The first-order valence-electron chi connectivity index (χ1n) is 5.35. The second-order valence-corrected chi connectivity index (χ2v) is 5.02. The summed E-state index contributed by atoms with van der Waals surface area (Å²) in [4.78, 5) is 19.2. The molecule has 0 saturated carbocycles. The standard InChI is InChI=1S/C11H14F2N2O2S/c1-5(2)9-14-6(3)8(11(16)17)10(15-9)18-4-7(12)13/h5,7H,4H2,1-3H3,(H,16,17). The average Bonchev–Trinajstić information content (AvgIpc) is 2.24. The molecule has 0 radical (unpaired) electrons. The Morgan fingerprint density at radius 3 is 2.44 bits per heavy atom. The molecular formula is C11H14F2N2O2S. The third kappa shape index (κ3) is 3.63. The van der Waals surface area contributed by atoms with E-state index in [1.807, 2.05) is 13.8 Å². The molecule has 1 aromatic rings. The van der Waals surface area contributed by atoms with E-state index in [-0.39, 0.29) is 16.5 Å². The second kappa shape index (κ2) is 6.08. The Hall–Kier alpha value is -1.24. The Balaban J connectivity index is 3.20. The Bertz CT molecular complexity index is 453. The molecule has 1 heterocycles. The predicted octanol–water partition coefficient (Wildman–Crippen LogP) is 2.96. The molecule has 1 rings (SSSR count). The average molecular weight is 276 g/mol. The highest BCUT2D eigenvalue weighted by atomic mass is 32.2. The van der Waals surface area contributed by atoms with Crippen LogP contribution in [0.5, 0.6) is 0 Å². The van der Waals surface area contributed by atoms with Crippen LogP contribution in [0.1, 0.15) is 41.6 Å². The van der Waals surface area contributed by atoms with Gasteiger partial charge in [-0.25, -0.2) is 23.5 Å². The summed E-state index contributed by atoms with van der Waals surface area (Å²) in [6.07, 6.45) is -2.51. The summed E-state index contributed by atoms with van der Waals surface area (Å²) in [5.74, 6) is -1.19. The van der Waals surface area contributed by atoms with Gasteiger partial charge in [-0.3, -0.25) is 0 Å². The van der Waals surface area contributed by atoms with Crippen molar-refractivity contribution in [1.29, 1.82) is 0 Å². The van der Waals surface area contributed by atoms with Crippen LogP contribution in [0, 0.1) is 6.92 Å². The number of hydrogen-bond acceptors (Lipinski definition) is 4. The van der Waals surface area contributed by atoms with Gasteiger partial charge in [-0.05, 0) is 6.92 Å². The Labute approximate surface area is 108 Å². The summed E-state index contributed by atoms with van der Waals surface area (Å²) < 4.78 is 24.4. The lowest BCUT2D eigenvalue weighted by Gasteiger charge is -2.11. The lowest BCUT2D eigenvalue weighted by molar-refractivity contribution is 0.0690. The minimum Gasteiger partial charge on any atom is -0.478 e. The number of carbonyl (C=O) groups is 1. The number of aromatic nitrogens is 2. The highest BCUT2D eigenvalue weighted by Gasteiger charge is 2.20. The summed E-state index contributed by atoms with van der Waals surface area (Å²) in [5, 5.41) is 9.17. The third-order valence-electron chi connectivity index (χ3n) is 2.15. The van der Waals surface area contributed by atoms with Crippen molar-refractivity contribution in [3.05, 3.63) is 17.1 Å². The lowest BCUT2D eigenvalue weighted by atomic mass is 10.2. The Kier molecular flexibility index (Phi) is 5.01. The van der Waals surface area contributed by atoms with Crippen molar-refractivity contribution >= 4 is 17.7 Å². The van der Waals surface area contributed by atoms with E-state index in [1.165, 1.54) is 0 Å². The molecule has 0 bridgehead atoms. The normalized spacial score (nSPS) is 11.3. The molecule has 0 aliphatic carbocycles. The molecule has 1 N–H and O–H groups in total. The van der Waals surface area contributed by atoms with E-state index >= 15 is 0 Å². The van der Waals surface area contributed by atoms with Crippen molar-refractivity contribution in [3.8, 4) is 0 Å². The fourth-order valence-electron chi connectivity index (χ4n) is 1.32. The van der Waals surface area contributed by atoms with E-state index in [4.69, 9.17) is 5.11 Å². The van der Waals surface area contributed by atoms with Crippen LogP contribution < -0.4 is 0 Å². The fraction of sp³-hybridized carbons (Fsp3) is 0.545. The fourth-order valence-corrected chi connectivity index (χ4v) is 2.14. The van der Waals surface area contributed by atoms with Crippen LogP contribution in [0.3, 0.4) is 0 Å². The summed E-state index contributed by atoms with van der Waals surface area (Å²) in [6.45, 7) is 5.26. The van der Waals surface area contributed by atoms with Crippen molar-refractivity contribution < 1.29 is 18.7 Å². The van der Waals surface area contributed by atoms with Crippen LogP contribution in [0.2, 0.25) is 0 Å². The molecule has 0 amide bonds. The molecule has 0 fully saturated rings. The van der Waals surface area contributed by atoms with Crippen molar-refractivity contribution in [3.63, 3.8) is 0 Å². The van der Waals surface area contributed by atoms with Gasteiger partial charge in [-0.15, -0.1) is 0 Å². The molecule has 4 nitrogen and oxygen atoms in total. The van der Waals surface area contributed by atoms with Crippen LogP contribution in [-0.2, 0) is 0 Å². The van der Waals surface area contributed by atoms with E-state index in [0.29, 0.717) is 11.5 Å². The maximum absolute atomic E-state index is 12.2. The van der Waals surface area contributed by atoms with Gasteiger partial charge in [-0.2, -0.15) is 0 Å². The predicted molar refractivity (Wildman–Crippen MR) is 64.5 cm³/mol. The number of nitrogens with zero attached hydrogens (tertiary/aromatic N) is 2. The third-order valence-corrected chi connectivity index (χ3v) is 3.14. The second-order valence-electron chi connectivity index (χ2n) is 4.01.